The van der Waals surface area contributed by atoms with Crippen molar-refractivity contribution in [3.8, 4) is 0 Å². The lowest BCUT2D eigenvalue weighted by Crippen LogP contribution is -2.48. The molecule has 0 aliphatic carbocycles. The van der Waals surface area contributed by atoms with E-state index in [0.29, 0.717) is 31.9 Å². The average Bonchev–Trinajstić information content (AvgIpc) is 2.62. The smallest absolute Gasteiger partial charge is 0.274 e. The van der Waals surface area contributed by atoms with E-state index in [1.807, 2.05) is 0 Å². The third-order valence-corrected chi connectivity index (χ3v) is 4.72. The van der Waals surface area contributed by atoms with Crippen LogP contribution in [-0.2, 0) is 4.79 Å². The van der Waals surface area contributed by atoms with Gasteiger partial charge in [-0.3, -0.25) is 9.59 Å². The molecular formula is C16H23N5O2. The first-order valence-corrected chi connectivity index (χ1v) is 8.23. The van der Waals surface area contributed by atoms with Gasteiger partial charge in [-0.2, -0.15) is 0 Å². The van der Waals surface area contributed by atoms with Gasteiger partial charge in [-0.15, -0.1) is 0 Å². The SMILES string of the molecule is CC1CCN(c2cnc(C(=O)N3CCN(C=O)CC3)cn2)CC1. The van der Waals surface area contributed by atoms with Gasteiger partial charge in [0.2, 0.25) is 6.41 Å². The largest absolute Gasteiger partial charge is 0.355 e. The summed E-state index contributed by atoms with van der Waals surface area (Å²) in [5, 5.41) is 0. The van der Waals surface area contributed by atoms with E-state index in [-0.39, 0.29) is 5.91 Å². The molecule has 0 N–H and O–H groups in total. The molecular weight excluding hydrogens is 294 g/mol. The Morgan fingerprint density at radius 1 is 1.09 bits per heavy atom. The van der Waals surface area contributed by atoms with Gasteiger partial charge in [0, 0.05) is 39.3 Å². The molecule has 1 aromatic rings. The number of carbonyl (C=O) groups is 2. The molecule has 3 heterocycles. The summed E-state index contributed by atoms with van der Waals surface area (Å²) in [5.74, 6) is 1.51. The van der Waals surface area contributed by atoms with Crippen LogP contribution in [0, 0.1) is 5.92 Å². The first-order chi connectivity index (χ1) is 11.2. The Kier molecular flexibility index (Phi) is 4.73. The third kappa shape index (κ3) is 3.60. The number of hydrogen-bond acceptors (Lipinski definition) is 5. The van der Waals surface area contributed by atoms with Gasteiger partial charge in [-0.1, -0.05) is 6.92 Å². The summed E-state index contributed by atoms with van der Waals surface area (Å²) in [7, 11) is 0. The summed E-state index contributed by atoms with van der Waals surface area (Å²) in [6.45, 7) is 6.51. The molecule has 0 spiro atoms. The molecule has 2 fully saturated rings. The van der Waals surface area contributed by atoms with Crippen LogP contribution in [0.2, 0.25) is 0 Å². The van der Waals surface area contributed by atoms with Crippen molar-refractivity contribution in [2.45, 2.75) is 19.8 Å². The Morgan fingerprint density at radius 3 is 2.35 bits per heavy atom. The summed E-state index contributed by atoms with van der Waals surface area (Å²) in [6, 6.07) is 0. The van der Waals surface area contributed by atoms with Gasteiger partial charge < -0.3 is 14.7 Å². The zero-order valence-electron chi connectivity index (χ0n) is 13.5. The van der Waals surface area contributed by atoms with Gasteiger partial charge in [0.15, 0.2) is 0 Å². The molecule has 2 aliphatic rings. The second kappa shape index (κ2) is 6.93. The average molecular weight is 317 g/mol. The number of piperidine rings is 1. The highest BCUT2D eigenvalue weighted by Crippen LogP contribution is 2.20. The highest BCUT2D eigenvalue weighted by molar-refractivity contribution is 5.92. The zero-order chi connectivity index (χ0) is 16.2. The maximum Gasteiger partial charge on any atom is 0.274 e. The van der Waals surface area contributed by atoms with Crippen LogP contribution in [0.3, 0.4) is 0 Å². The normalized spacial score (nSPS) is 19.8. The Bertz CT molecular complexity index is 546. The van der Waals surface area contributed by atoms with E-state index in [0.717, 1.165) is 31.2 Å². The lowest BCUT2D eigenvalue weighted by atomic mass is 9.99. The van der Waals surface area contributed by atoms with Crippen molar-refractivity contribution in [1.29, 1.82) is 0 Å². The van der Waals surface area contributed by atoms with Gasteiger partial charge in [-0.25, -0.2) is 9.97 Å². The number of carbonyl (C=O) groups excluding carboxylic acids is 2. The van der Waals surface area contributed by atoms with Crippen LogP contribution < -0.4 is 4.90 Å². The molecule has 0 atom stereocenters. The standard InChI is InChI=1S/C16H23N5O2/c1-13-2-4-20(5-3-13)15-11-17-14(10-18-15)16(23)21-8-6-19(12-22)7-9-21/h10-13H,2-9H2,1H3. The third-order valence-electron chi connectivity index (χ3n) is 4.72. The highest BCUT2D eigenvalue weighted by Gasteiger charge is 2.23. The molecule has 0 unspecified atom stereocenters. The maximum atomic E-state index is 12.4. The van der Waals surface area contributed by atoms with Crippen molar-refractivity contribution in [3.63, 3.8) is 0 Å². The molecule has 0 saturated carbocycles. The van der Waals surface area contributed by atoms with Crippen LogP contribution >= 0.6 is 0 Å². The number of aromatic nitrogens is 2. The quantitative estimate of drug-likeness (QED) is 0.765. The van der Waals surface area contributed by atoms with Gasteiger partial charge in [-0.05, 0) is 18.8 Å². The van der Waals surface area contributed by atoms with E-state index in [9.17, 15) is 9.59 Å². The fourth-order valence-electron chi connectivity index (χ4n) is 3.03. The van der Waals surface area contributed by atoms with E-state index in [1.54, 1.807) is 22.2 Å². The van der Waals surface area contributed by atoms with Crippen LogP contribution in [0.15, 0.2) is 12.4 Å². The molecule has 2 aliphatic heterocycles. The minimum Gasteiger partial charge on any atom is -0.355 e. The number of nitrogens with zero attached hydrogens (tertiary/aromatic N) is 5. The molecule has 3 rings (SSSR count). The van der Waals surface area contributed by atoms with E-state index in [1.165, 1.54) is 12.8 Å². The number of piperazine rings is 1. The summed E-state index contributed by atoms with van der Waals surface area (Å²) < 4.78 is 0. The highest BCUT2D eigenvalue weighted by atomic mass is 16.2. The van der Waals surface area contributed by atoms with E-state index in [4.69, 9.17) is 0 Å². The van der Waals surface area contributed by atoms with Gasteiger partial charge in [0.25, 0.3) is 5.91 Å². The van der Waals surface area contributed by atoms with Crippen molar-refractivity contribution in [2.24, 2.45) is 5.92 Å². The van der Waals surface area contributed by atoms with Crippen LogP contribution in [0.1, 0.15) is 30.3 Å². The first kappa shape index (κ1) is 15.7. The summed E-state index contributed by atoms with van der Waals surface area (Å²) in [5.41, 5.74) is 0.374. The van der Waals surface area contributed by atoms with Crippen LogP contribution in [-0.4, -0.2) is 71.4 Å². The molecule has 1 aromatic heterocycles. The number of hydrogen-bond donors (Lipinski definition) is 0. The van der Waals surface area contributed by atoms with Crippen LogP contribution in [0.25, 0.3) is 0 Å². The van der Waals surface area contributed by atoms with Crippen molar-refractivity contribution < 1.29 is 9.59 Å². The monoisotopic (exact) mass is 317 g/mol. The molecule has 0 radical (unpaired) electrons. The second-order valence-corrected chi connectivity index (χ2v) is 6.36. The zero-order valence-corrected chi connectivity index (χ0v) is 13.5. The fraction of sp³-hybridized carbons (Fsp3) is 0.625. The predicted octanol–water partition coefficient (Wildman–Crippen LogP) is 0.627. The molecule has 0 aromatic carbocycles. The van der Waals surface area contributed by atoms with Gasteiger partial charge in [0.1, 0.15) is 11.5 Å². The number of anilines is 1. The molecule has 7 nitrogen and oxygen atoms in total. The molecule has 0 bridgehead atoms. The Morgan fingerprint density at radius 2 is 1.78 bits per heavy atom. The van der Waals surface area contributed by atoms with E-state index in [2.05, 4.69) is 21.8 Å². The van der Waals surface area contributed by atoms with Crippen LogP contribution in [0.5, 0.6) is 0 Å². The van der Waals surface area contributed by atoms with Crippen molar-refractivity contribution in [3.05, 3.63) is 18.1 Å². The minimum absolute atomic E-state index is 0.109. The predicted molar refractivity (Wildman–Crippen MR) is 86.2 cm³/mol. The summed E-state index contributed by atoms with van der Waals surface area (Å²) in [4.78, 5) is 37.5. The minimum atomic E-state index is -0.109. The molecule has 124 valence electrons. The van der Waals surface area contributed by atoms with Crippen molar-refractivity contribution >= 4 is 18.1 Å². The Labute approximate surface area is 136 Å². The lowest BCUT2D eigenvalue weighted by Gasteiger charge is -2.32. The molecule has 7 heteroatoms. The van der Waals surface area contributed by atoms with E-state index >= 15 is 0 Å². The van der Waals surface area contributed by atoms with Crippen molar-refractivity contribution in [1.82, 2.24) is 19.8 Å². The Hall–Kier alpha value is -2.18. The lowest BCUT2D eigenvalue weighted by molar-refractivity contribution is -0.119. The molecule has 2 amide bonds. The number of amides is 2. The molecule has 2 saturated heterocycles. The first-order valence-electron chi connectivity index (χ1n) is 8.23. The number of rotatable bonds is 3. The summed E-state index contributed by atoms with van der Waals surface area (Å²) in [6.07, 6.45) is 6.44. The second-order valence-electron chi connectivity index (χ2n) is 6.36. The Balaban J connectivity index is 1.60. The van der Waals surface area contributed by atoms with Gasteiger partial charge in [0.05, 0.1) is 12.4 Å². The molecule has 23 heavy (non-hydrogen) atoms. The van der Waals surface area contributed by atoms with Crippen LogP contribution in [0.4, 0.5) is 5.82 Å². The fourth-order valence-corrected chi connectivity index (χ4v) is 3.03. The van der Waals surface area contributed by atoms with E-state index < -0.39 is 0 Å². The summed E-state index contributed by atoms with van der Waals surface area (Å²) >= 11 is 0. The van der Waals surface area contributed by atoms with Crippen molar-refractivity contribution in [2.75, 3.05) is 44.2 Å². The maximum absolute atomic E-state index is 12.4. The topological polar surface area (TPSA) is 69.6 Å². The van der Waals surface area contributed by atoms with Gasteiger partial charge >= 0.3 is 0 Å².